The molecule has 3 N–H and O–H groups in total. The van der Waals surface area contributed by atoms with E-state index in [0.29, 0.717) is 11.1 Å². The second-order valence-electron chi connectivity index (χ2n) is 6.16. The molecule has 0 fully saturated rings. The van der Waals surface area contributed by atoms with Crippen molar-refractivity contribution in [3.05, 3.63) is 64.6 Å². The van der Waals surface area contributed by atoms with E-state index in [2.05, 4.69) is 15.3 Å². The van der Waals surface area contributed by atoms with Gasteiger partial charge in [-0.3, -0.25) is 9.59 Å². The first-order valence-electron chi connectivity index (χ1n) is 8.28. The molecule has 0 aliphatic rings. The molecule has 0 aliphatic carbocycles. The maximum absolute atomic E-state index is 12.9. The van der Waals surface area contributed by atoms with E-state index in [1.165, 1.54) is 25.2 Å². The van der Waals surface area contributed by atoms with Gasteiger partial charge in [-0.2, -0.15) is 13.2 Å². The van der Waals surface area contributed by atoms with E-state index < -0.39 is 29.4 Å². The number of aromatic carboxylic acids is 1. The molecular formula is C19H14F3N3O4. The summed E-state index contributed by atoms with van der Waals surface area (Å²) in [5, 5.41) is 11.7. The number of halogens is 3. The molecule has 1 amide bonds. The third kappa shape index (κ3) is 3.96. The topological polar surface area (TPSA) is 112 Å². The summed E-state index contributed by atoms with van der Waals surface area (Å²) < 4.78 is 38.8. The summed E-state index contributed by atoms with van der Waals surface area (Å²) in [4.78, 5) is 41.8. The number of amides is 1. The number of aromatic amines is 1. The number of carboxylic acid groups (broad SMARTS) is 1. The Morgan fingerprint density at radius 3 is 2.55 bits per heavy atom. The third-order valence-electron chi connectivity index (χ3n) is 4.25. The fourth-order valence-electron chi connectivity index (χ4n) is 2.98. The molecule has 7 nitrogen and oxygen atoms in total. The van der Waals surface area contributed by atoms with Gasteiger partial charge in [-0.25, -0.2) is 9.78 Å². The molecule has 0 radical (unpaired) electrons. The number of fused-ring (bicyclic) bond motifs is 1. The van der Waals surface area contributed by atoms with Crippen molar-refractivity contribution in [1.29, 1.82) is 0 Å². The molecule has 2 heterocycles. The Hall–Kier alpha value is -3.69. The summed E-state index contributed by atoms with van der Waals surface area (Å²) in [6.07, 6.45) is -4.14. The van der Waals surface area contributed by atoms with Crippen molar-refractivity contribution in [1.82, 2.24) is 15.3 Å². The van der Waals surface area contributed by atoms with Gasteiger partial charge in [-0.1, -0.05) is 12.1 Å². The van der Waals surface area contributed by atoms with Crippen LogP contribution in [0.5, 0.6) is 0 Å². The van der Waals surface area contributed by atoms with E-state index in [-0.39, 0.29) is 28.8 Å². The van der Waals surface area contributed by atoms with Gasteiger partial charge in [0, 0.05) is 36.3 Å². The van der Waals surface area contributed by atoms with Crippen molar-refractivity contribution in [3.8, 4) is 0 Å². The quantitative estimate of drug-likeness (QED) is 0.565. The zero-order chi connectivity index (χ0) is 21.3. The van der Waals surface area contributed by atoms with Gasteiger partial charge in [0.15, 0.2) is 0 Å². The van der Waals surface area contributed by atoms with E-state index in [1.807, 2.05) is 0 Å². The molecule has 0 saturated carbocycles. The van der Waals surface area contributed by atoms with Gasteiger partial charge in [-0.05, 0) is 23.8 Å². The maximum atomic E-state index is 12.9. The zero-order valence-electron chi connectivity index (χ0n) is 14.9. The standard InChI is InChI=1S/C19H14F3N3O4/c1-23-17(27)14-7-10(18(28)29)6-11(25-14)5-9-3-2-4-13-15(9)12(8-24-13)16(26)19(20,21)22/h2-4,6-8,24H,5H2,1H3,(H,23,27)(H,28,29). The van der Waals surface area contributed by atoms with Crippen LogP contribution in [-0.2, 0) is 6.42 Å². The number of benzene rings is 1. The van der Waals surface area contributed by atoms with E-state index in [4.69, 9.17) is 0 Å². The Kier molecular flexibility index (Phi) is 5.10. The Bertz CT molecular complexity index is 1140. The summed E-state index contributed by atoms with van der Waals surface area (Å²) in [6.45, 7) is 0. The monoisotopic (exact) mass is 405 g/mol. The molecule has 3 rings (SSSR count). The van der Waals surface area contributed by atoms with Crippen LogP contribution in [-0.4, -0.2) is 46.0 Å². The van der Waals surface area contributed by atoms with E-state index >= 15 is 0 Å². The number of hydrogen-bond donors (Lipinski definition) is 3. The summed E-state index contributed by atoms with van der Waals surface area (Å²) >= 11 is 0. The molecule has 0 spiro atoms. The minimum absolute atomic E-state index is 0.0684. The second-order valence-corrected chi connectivity index (χ2v) is 6.16. The fourth-order valence-corrected chi connectivity index (χ4v) is 2.98. The molecule has 0 bridgehead atoms. The van der Waals surface area contributed by atoms with Crippen LogP contribution in [0.15, 0.2) is 36.5 Å². The molecular weight excluding hydrogens is 391 g/mol. The minimum Gasteiger partial charge on any atom is -0.478 e. The molecule has 2 aromatic heterocycles. The summed E-state index contributed by atoms with van der Waals surface area (Å²) in [7, 11) is 1.35. The van der Waals surface area contributed by atoms with Gasteiger partial charge in [0.2, 0.25) is 0 Å². The average molecular weight is 405 g/mol. The first-order chi connectivity index (χ1) is 13.6. The smallest absolute Gasteiger partial charge is 0.454 e. The van der Waals surface area contributed by atoms with Gasteiger partial charge in [-0.15, -0.1) is 0 Å². The molecule has 0 aliphatic heterocycles. The van der Waals surface area contributed by atoms with Crippen LogP contribution >= 0.6 is 0 Å². The number of nitrogens with one attached hydrogen (secondary N) is 2. The minimum atomic E-state index is -5.05. The molecule has 0 atom stereocenters. The highest BCUT2D eigenvalue weighted by Crippen LogP contribution is 2.30. The number of carbonyl (C=O) groups is 3. The van der Waals surface area contributed by atoms with Crippen LogP contribution in [0.2, 0.25) is 0 Å². The lowest BCUT2D eigenvalue weighted by Gasteiger charge is -2.09. The van der Waals surface area contributed by atoms with Gasteiger partial charge >= 0.3 is 12.1 Å². The summed E-state index contributed by atoms with van der Waals surface area (Å²) in [5.74, 6) is -3.89. The van der Waals surface area contributed by atoms with Gasteiger partial charge in [0.05, 0.1) is 11.1 Å². The molecule has 1 aromatic carbocycles. The predicted molar refractivity (Wildman–Crippen MR) is 96.1 cm³/mol. The van der Waals surface area contributed by atoms with Crippen LogP contribution in [0.4, 0.5) is 13.2 Å². The first kappa shape index (κ1) is 20.1. The Labute approximate surface area is 161 Å². The lowest BCUT2D eigenvalue weighted by Crippen LogP contribution is -2.22. The lowest BCUT2D eigenvalue weighted by atomic mass is 9.99. The largest absolute Gasteiger partial charge is 0.478 e. The third-order valence-corrected chi connectivity index (χ3v) is 4.25. The highest BCUT2D eigenvalue weighted by atomic mass is 19.4. The van der Waals surface area contributed by atoms with E-state index in [1.54, 1.807) is 6.07 Å². The number of Topliss-reactive ketones (excluding diaryl/α,β-unsaturated/α-hetero) is 1. The van der Waals surface area contributed by atoms with Crippen molar-refractivity contribution >= 4 is 28.6 Å². The molecule has 29 heavy (non-hydrogen) atoms. The fraction of sp³-hybridized carbons (Fsp3) is 0.158. The van der Waals surface area contributed by atoms with E-state index in [0.717, 1.165) is 12.3 Å². The van der Waals surface area contributed by atoms with Crippen molar-refractivity contribution in [2.75, 3.05) is 7.05 Å². The number of H-pyrrole nitrogens is 1. The van der Waals surface area contributed by atoms with Crippen LogP contribution in [0.3, 0.4) is 0 Å². The maximum Gasteiger partial charge on any atom is 0.454 e. The second kappa shape index (κ2) is 7.38. The Balaban J connectivity index is 2.12. The molecule has 10 heteroatoms. The summed E-state index contributed by atoms with van der Waals surface area (Å²) in [5.41, 5.74) is -0.0754. The van der Waals surface area contributed by atoms with Gasteiger partial charge in [0.1, 0.15) is 5.69 Å². The van der Waals surface area contributed by atoms with Gasteiger partial charge in [0.25, 0.3) is 11.7 Å². The average Bonchev–Trinajstić information content (AvgIpc) is 3.10. The number of nitrogens with zero attached hydrogens (tertiary/aromatic N) is 1. The zero-order valence-corrected chi connectivity index (χ0v) is 14.9. The lowest BCUT2D eigenvalue weighted by molar-refractivity contribution is -0.0884. The van der Waals surface area contributed by atoms with Crippen molar-refractivity contribution in [2.45, 2.75) is 12.6 Å². The highest BCUT2D eigenvalue weighted by molar-refractivity contribution is 6.11. The first-order valence-corrected chi connectivity index (χ1v) is 8.28. The van der Waals surface area contributed by atoms with Crippen LogP contribution in [0.25, 0.3) is 10.9 Å². The van der Waals surface area contributed by atoms with E-state index in [9.17, 15) is 32.7 Å². The Morgan fingerprint density at radius 1 is 1.21 bits per heavy atom. The predicted octanol–water partition coefficient (Wildman–Crippen LogP) is 2.96. The van der Waals surface area contributed by atoms with Crippen LogP contribution < -0.4 is 5.32 Å². The number of carbonyl (C=O) groups excluding carboxylic acids is 2. The summed E-state index contributed by atoms with van der Waals surface area (Å²) in [6, 6.07) is 6.93. The van der Waals surface area contributed by atoms with Crippen molar-refractivity contribution in [3.63, 3.8) is 0 Å². The number of hydrogen-bond acceptors (Lipinski definition) is 4. The molecule has 3 aromatic rings. The number of pyridine rings is 1. The number of carboxylic acids is 1. The normalized spacial score (nSPS) is 11.4. The number of ketones is 1. The highest BCUT2D eigenvalue weighted by Gasteiger charge is 2.40. The SMILES string of the molecule is CNC(=O)c1cc(C(=O)O)cc(Cc2cccc3[nH]cc(C(=O)C(F)(F)F)c23)n1. The van der Waals surface area contributed by atoms with Gasteiger partial charge < -0.3 is 15.4 Å². The molecule has 150 valence electrons. The van der Waals surface area contributed by atoms with Crippen LogP contribution in [0.1, 0.15) is 42.5 Å². The molecule has 0 saturated heterocycles. The van der Waals surface area contributed by atoms with Crippen molar-refractivity contribution < 1.29 is 32.7 Å². The number of rotatable bonds is 5. The van der Waals surface area contributed by atoms with Crippen LogP contribution in [0, 0.1) is 0 Å². The number of alkyl halides is 3. The van der Waals surface area contributed by atoms with Crippen molar-refractivity contribution in [2.24, 2.45) is 0 Å². The Morgan fingerprint density at radius 2 is 1.93 bits per heavy atom. The number of aromatic nitrogens is 2. The molecule has 0 unspecified atom stereocenters.